The molecule has 3 aromatic heterocycles. The van der Waals surface area contributed by atoms with Gasteiger partial charge in [0.1, 0.15) is 17.3 Å². The van der Waals surface area contributed by atoms with Crippen LogP contribution < -0.4 is 5.32 Å². The van der Waals surface area contributed by atoms with Gasteiger partial charge in [-0.25, -0.2) is 15.0 Å². The van der Waals surface area contributed by atoms with Crippen molar-refractivity contribution < 1.29 is 0 Å². The van der Waals surface area contributed by atoms with Crippen LogP contribution in [0, 0.1) is 0 Å². The smallest absolute Gasteiger partial charge is 0.137 e. The summed E-state index contributed by atoms with van der Waals surface area (Å²) in [4.78, 5) is 13.6. The fourth-order valence-electron chi connectivity index (χ4n) is 2.28. The number of aromatic nitrogens is 4. The van der Waals surface area contributed by atoms with E-state index in [1.165, 1.54) is 0 Å². The molecule has 0 saturated heterocycles. The van der Waals surface area contributed by atoms with Crippen molar-refractivity contribution >= 4 is 11.5 Å². The van der Waals surface area contributed by atoms with Gasteiger partial charge in [-0.1, -0.05) is 19.9 Å². The Labute approximate surface area is 124 Å². The zero-order valence-electron chi connectivity index (χ0n) is 12.5. The highest BCUT2D eigenvalue weighted by Gasteiger charge is 2.11. The molecule has 0 aromatic carbocycles. The van der Waals surface area contributed by atoms with Gasteiger partial charge in [-0.2, -0.15) is 0 Å². The molecule has 0 radical (unpaired) electrons. The Bertz CT molecular complexity index is 760. The van der Waals surface area contributed by atoms with E-state index in [1.807, 2.05) is 28.8 Å². The van der Waals surface area contributed by atoms with E-state index in [9.17, 15) is 0 Å². The van der Waals surface area contributed by atoms with Crippen molar-refractivity contribution in [2.24, 2.45) is 0 Å². The first kappa shape index (κ1) is 13.5. The van der Waals surface area contributed by atoms with Gasteiger partial charge in [-0.15, -0.1) is 0 Å². The number of imidazole rings is 1. The Kier molecular flexibility index (Phi) is 3.56. The highest BCUT2D eigenvalue weighted by atomic mass is 15.0. The molecule has 3 aromatic rings. The number of hydrogen-bond acceptors (Lipinski definition) is 4. The summed E-state index contributed by atoms with van der Waals surface area (Å²) in [6, 6.07) is 8.03. The summed E-state index contributed by atoms with van der Waals surface area (Å²) in [5.74, 6) is 1.99. The first-order chi connectivity index (χ1) is 10.2. The molecule has 0 aliphatic heterocycles. The molecule has 0 aliphatic carbocycles. The molecule has 3 heterocycles. The van der Waals surface area contributed by atoms with Crippen LogP contribution in [-0.2, 0) is 0 Å². The van der Waals surface area contributed by atoms with Crippen molar-refractivity contribution in [2.45, 2.75) is 26.7 Å². The zero-order chi connectivity index (χ0) is 14.8. The summed E-state index contributed by atoms with van der Waals surface area (Å²) in [5.41, 5.74) is 2.85. The number of nitrogens with one attached hydrogen (secondary N) is 1. The highest BCUT2D eigenvalue weighted by molar-refractivity contribution is 5.63. The maximum Gasteiger partial charge on any atom is 0.137 e. The van der Waals surface area contributed by atoms with E-state index in [0.29, 0.717) is 0 Å². The highest BCUT2D eigenvalue weighted by Crippen LogP contribution is 2.23. The average molecular weight is 281 g/mol. The van der Waals surface area contributed by atoms with Gasteiger partial charge in [0.05, 0.1) is 11.4 Å². The summed E-state index contributed by atoms with van der Waals surface area (Å²) in [5, 5.41) is 3.28. The predicted octanol–water partition coefficient (Wildman–Crippen LogP) is 3.35. The molecule has 0 unspecified atom stereocenters. The van der Waals surface area contributed by atoms with E-state index in [1.54, 1.807) is 6.20 Å². The molecule has 0 atom stereocenters. The fraction of sp³-hybridized carbons (Fsp3) is 0.312. The molecule has 21 heavy (non-hydrogen) atoms. The molecule has 0 bridgehead atoms. The topological polar surface area (TPSA) is 55.1 Å². The van der Waals surface area contributed by atoms with Crippen LogP contribution in [0.1, 0.15) is 32.5 Å². The minimum atomic E-state index is 0.282. The lowest BCUT2D eigenvalue weighted by Gasteiger charge is -2.12. The second-order valence-electron chi connectivity index (χ2n) is 5.25. The molecule has 108 valence electrons. The van der Waals surface area contributed by atoms with E-state index in [4.69, 9.17) is 4.98 Å². The number of pyridine rings is 1. The quantitative estimate of drug-likeness (QED) is 0.797. The Morgan fingerprint density at radius 3 is 2.86 bits per heavy atom. The molecule has 0 aliphatic rings. The maximum absolute atomic E-state index is 4.72. The Balaban J connectivity index is 2.18. The van der Waals surface area contributed by atoms with Crippen LogP contribution in [0.5, 0.6) is 0 Å². The third-order valence-corrected chi connectivity index (χ3v) is 3.31. The Hall–Kier alpha value is -2.43. The lowest BCUT2D eigenvalue weighted by Crippen LogP contribution is -2.06. The first-order valence-electron chi connectivity index (χ1n) is 7.24. The Morgan fingerprint density at radius 2 is 2.10 bits per heavy atom. The average Bonchev–Trinajstić information content (AvgIpc) is 2.95. The van der Waals surface area contributed by atoms with Gasteiger partial charge < -0.3 is 5.32 Å². The molecule has 3 rings (SSSR count). The van der Waals surface area contributed by atoms with Crippen LogP contribution in [0.15, 0.2) is 36.7 Å². The van der Waals surface area contributed by atoms with Gasteiger partial charge in [0.2, 0.25) is 0 Å². The number of hydrogen-bond donors (Lipinski definition) is 1. The second kappa shape index (κ2) is 5.52. The molecule has 0 spiro atoms. The van der Waals surface area contributed by atoms with Crippen molar-refractivity contribution in [1.29, 1.82) is 0 Å². The molecule has 1 N–H and O–H groups in total. The van der Waals surface area contributed by atoms with Gasteiger partial charge in [-0.3, -0.25) is 4.40 Å². The first-order valence-corrected chi connectivity index (χ1v) is 7.24. The lowest BCUT2D eigenvalue weighted by atomic mass is 10.2. The Morgan fingerprint density at radius 1 is 1.24 bits per heavy atom. The predicted molar refractivity (Wildman–Crippen MR) is 84.5 cm³/mol. The van der Waals surface area contributed by atoms with Gasteiger partial charge in [-0.05, 0) is 19.1 Å². The molecule has 0 saturated carbocycles. The van der Waals surface area contributed by atoms with E-state index in [-0.39, 0.29) is 5.92 Å². The number of rotatable bonds is 4. The monoisotopic (exact) mass is 281 g/mol. The third-order valence-electron chi connectivity index (χ3n) is 3.31. The molecule has 0 fully saturated rings. The second-order valence-corrected chi connectivity index (χ2v) is 5.25. The normalized spacial score (nSPS) is 11.2. The van der Waals surface area contributed by atoms with E-state index in [0.717, 1.165) is 35.2 Å². The van der Waals surface area contributed by atoms with E-state index in [2.05, 4.69) is 42.1 Å². The zero-order valence-corrected chi connectivity index (χ0v) is 12.5. The number of nitrogens with zero attached hydrogens (tertiary/aromatic N) is 4. The third kappa shape index (κ3) is 2.59. The largest absolute Gasteiger partial charge is 0.370 e. The van der Waals surface area contributed by atoms with Crippen molar-refractivity contribution in [3.05, 3.63) is 42.5 Å². The van der Waals surface area contributed by atoms with Gasteiger partial charge >= 0.3 is 0 Å². The summed E-state index contributed by atoms with van der Waals surface area (Å²) in [6.45, 7) is 7.11. The van der Waals surface area contributed by atoms with Gasteiger partial charge in [0.15, 0.2) is 0 Å². The fourth-order valence-corrected chi connectivity index (χ4v) is 2.28. The minimum Gasteiger partial charge on any atom is -0.370 e. The van der Waals surface area contributed by atoms with Crippen LogP contribution in [0.4, 0.5) is 5.82 Å². The standard InChI is InChI=1S/C16H19N5/c1-4-17-14-10-12(19-16(20-14)11(2)3)13-6-5-7-15-18-8-9-21(13)15/h5-11H,4H2,1-3H3,(H,17,19,20). The van der Waals surface area contributed by atoms with Crippen LogP contribution in [0.3, 0.4) is 0 Å². The summed E-state index contributed by atoms with van der Waals surface area (Å²) < 4.78 is 2.04. The maximum atomic E-state index is 4.72. The van der Waals surface area contributed by atoms with Gasteiger partial charge in [0, 0.05) is 30.9 Å². The van der Waals surface area contributed by atoms with Crippen molar-refractivity contribution in [2.75, 3.05) is 11.9 Å². The molecule has 0 amide bonds. The SMILES string of the molecule is CCNc1cc(-c2cccc3nccn23)nc(C(C)C)n1. The van der Waals surface area contributed by atoms with Crippen LogP contribution >= 0.6 is 0 Å². The van der Waals surface area contributed by atoms with Crippen molar-refractivity contribution in [3.63, 3.8) is 0 Å². The minimum absolute atomic E-state index is 0.282. The molecule has 5 heteroatoms. The van der Waals surface area contributed by atoms with E-state index >= 15 is 0 Å². The van der Waals surface area contributed by atoms with Crippen molar-refractivity contribution in [3.8, 4) is 11.4 Å². The van der Waals surface area contributed by atoms with E-state index < -0.39 is 0 Å². The summed E-state index contributed by atoms with van der Waals surface area (Å²) >= 11 is 0. The molecular weight excluding hydrogens is 262 g/mol. The number of anilines is 1. The molecule has 5 nitrogen and oxygen atoms in total. The summed E-state index contributed by atoms with van der Waals surface area (Å²) in [6.07, 6.45) is 3.75. The van der Waals surface area contributed by atoms with Crippen molar-refractivity contribution in [1.82, 2.24) is 19.4 Å². The number of fused-ring (bicyclic) bond motifs is 1. The molecular formula is C16H19N5. The van der Waals surface area contributed by atoms with Crippen LogP contribution in [0.2, 0.25) is 0 Å². The van der Waals surface area contributed by atoms with Crippen LogP contribution in [0.25, 0.3) is 17.0 Å². The van der Waals surface area contributed by atoms with Crippen LogP contribution in [-0.4, -0.2) is 25.9 Å². The van der Waals surface area contributed by atoms with Gasteiger partial charge in [0.25, 0.3) is 0 Å². The lowest BCUT2D eigenvalue weighted by molar-refractivity contribution is 0.775. The summed E-state index contributed by atoms with van der Waals surface area (Å²) in [7, 11) is 0.